The summed E-state index contributed by atoms with van der Waals surface area (Å²) in [5, 5.41) is 4.22. The molecule has 0 amide bonds. The lowest BCUT2D eigenvalue weighted by Crippen LogP contribution is -2.30. The number of rotatable bonds is 6. The predicted molar refractivity (Wildman–Crippen MR) is 141 cm³/mol. The van der Waals surface area contributed by atoms with Crippen LogP contribution in [-0.4, -0.2) is 21.3 Å². The molecule has 5 nitrogen and oxygen atoms in total. The number of aryl methyl sites for hydroxylation is 2. The fraction of sp³-hybridized carbons (Fsp3) is 0.214. The van der Waals surface area contributed by atoms with E-state index in [1.807, 2.05) is 37.4 Å². The van der Waals surface area contributed by atoms with Crippen molar-refractivity contribution in [3.8, 4) is 11.4 Å². The van der Waals surface area contributed by atoms with E-state index in [2.05, 4.69) is 88.3 Å². The van der Waals surface area contributed by atoms with Crippen molar-refractivity contribution in [2.24, 2.45) is 0 Å². The Morgan fingerprint density at radius 3 is 2.44 bits per heavy atom. The average Bonchev–Trinajstić information content (AvgIpc) is 3.46. The lowest BCUT2D eigenvalue weighted by molar-refractivity contribution is 0.340. The standard InChI is InChI=1S/C28H28N4OS/c1-4-33-23-14-12-21(13-15-23)32-27(26(30-28(32)34)24-8-5-6-16-29-24)25-9-7-17-31(25)22-11-10-19(2)20(3)18-22/h5-18,26-27H,4H2,1-3H3,(H,30,34)/t26-,27-/m1/s1. The molecular weight excluding hydrogens is 440 g/mol. The van der Waals surface area contributed by atoms with E-state index in [-0.39, 0.29) is 12.1 Å². The van der Waals surface area contributed by atoms with Crippen LogP contribution in [0.2, 0.25) is 0 Å². The molecule has 6 heteroatoms. The molecule has 4 aromatic rings. The first-order valence-corrected chi connectivity index (χ1v) is 12.0. The summed E-state index contributed by atoms with van der Waals surface area (Å²) in [6.45, 7) is 6.91. The van der Waals surface area contributed by atoms with Gasteiger partial charge in [0.1, 0.15) is 11.8 Å². The van der Waals surface area contributed by atoms with Crippen LogP contribution in [0.5, 0.6) is 5.75 Å². The summed E-state index contributed by atoms with van der Waals surface area (Å²) in [5.74, 6) is 0.848. The molecule has 0 radical (unpaired) electrons. The largest absolute Gasteiger partial charge is 0.494 e. The molecule has 0 saturated carbocycles. The van der Waals surface area contributed by atoms with Gasteiger partial charge in [0.05, 0.1) is 18.3 Å². The van der Waals surface area contributed by atoms with E-state index in [1.165, 1.54) is 11.1 Å². The molecule has 2 aromatic carbocycles. The average molecular weight is 469 g/mol. The number of hydrogen-bond donors (Lipinski definition) is 1. The smallest absolute Gasteiger partial charge is 0.174 e. The summed E-state index contributed by atoms with van der Waals surface area (Å²) >= 11 is 5.88. The van der Waals surface area contributed by atoms with Crippen LogP contribution < -0.4 is 15.0 Å². The van der Waals surface area contributed by atoms with E-state index >= 15 is 0 Å². The van der Waals surface area contributed by atoms with E-state index < -0.39 is 0 Å². The summed E-state index contributed by atoms with van der Waals surface area (Å²) in [5.41, 5.74) is 6.78. The van der Waals surface area contributed by atoms with Gasteiger partial charge in [-0.05, 0) is 105 Å². The van der Waals surface area contributed by atoms with Gasteiger partial charge in [0, 0.05) is 29.5 Å². The van der Waals surface area contributed by atoms with Crippen molar-refractivity contribution in [2.45, 2.75) is 32.9 Å². The molecule has 1 fully saturated rings. The van der Waals surface area contributed by atoms with Crippen LogP contribution >= 0.6 is 12.2 Å². The van der Waals surface area contributed by atoms with Crippen molar-refractivity contribution in [3.63, 3.8) is 0 Å². The minimum absolute atomic E-state index is 0.0862. The molecule has 34 heavy (non-hydrogen) atoms. The van der Waals surface area contributed by atoms with Crippen molar-refractivity contribution < 1.29 is 4.74 Å². The Labute approximate surface area is 206 Å². The molecule has 2 atom stereocenters. The number of hydrogen-bond acceptors (Lipinski definition) is 3. The zero-order valence-corrected chi connectivity index (χ0v) is 20.4. The summed E-state index contributed by atoms with van der Waals surface area (Å²) in [7, 11) is 0. The maximum Gasteiger partial charge on any atom is 0.174 e. The highest BCUT2D eigenvalue weighted by Gasteiger charge is 2.42. The molecule has 0 unspecified atom stereocenters. The van der Waals surface area contributed by atoms with Crippen LogP contribution in [0.25, 0.3) is 5.69 Å². The first-order valence-electron chi connectivity index (χ1n) is 11.5. The summed E-state index contributed by atoms with van der Waals surface area (Å²) in [4.78, 5) is 6.86. The summed E-state index contributed by atoms with van der Waals surface area (Å²) in [6, 6.07) is 24.8. The zero-order chi connectivity index (χ0) is 23.7. The van der Waals surface area contributed by atoms with Crippen LogP contribution in [0.1, 0.15) is 41.5 Å². The number of anilines is 1. The molecule has 1 saturated heterocycles. The lowest BCUT2D eigenvalue weighted by Gasteiger charge is -2.29. The molecule has 172 valence electrons. The Bertz CT molecular complexity index is 1300. The van der Waals surface area contributed by atoms with E-state index in [9.17, 15) is 0 Å². The van der Waals surface area contributed by atoms with Gasteiger partial charge in [-0.1, -0.05) is 12.1 Å². The topological polar surface area (TPSA) is 42.3 Å². The van der Waals surface area contributed by atoms with Gasteiger partial charge < -0.3 is 19.5 Å². The summed E-state index contributed by atoms with van der Waals surface area (Å²) < 4.78 is 7.91. The second kappa shape index (κ2) is 9.31. The molecule has 1 N–H and O–H groups in total. The maximum atomic E-state index is 5.88. The van der Waals surface area contributed by atoms with Gasteiger partial charge in [-0.2, -0.15) is 0 Å². The van der Waals surface area contributed by atoms with Gasteiger partial charge in [-0.15, -0.1) is 0 Å². The highest BCUT2D eigenvalue weighted by Crippen LogP contribution is 2.42. The lowest BCUT2D eigenvalue weighted by atomic mass is 10.0. The quantitative estimate of drug-likeness (QED) is 0.348. The van der Waals surface area contributed by atoms with Crippen molar-refractivity contribution in [1.29, 1.82) is 0 Å². The normalized spacial score (nSPS) is 17.6. The molecule has 2 aromatic heterocycles. The van der Waals surface area contributed by atoms with Gasteiger partial charge in [-0.3, -0.25) is 4.98 Å². The van der Waals surface area contributed by atoms with Gasteiger partial charge in [0.15, 0.2) is 5.11 Å². The minimum Gasteiger partial charge on any atom is -0.494 e. The molecule has 0 aliphatic carbocycles. The highest BCUT2D eigenvalue weighted by atomic mass is 32.1. The van der Waals surface area contributed by atoms with E-state index in [1.54, 1.807) is 0 Å². The van der Waals surface area contributed by atoms with Crippen LogP contribution in [0.15, 0.2) is 85.2 Å². The third kappa shape index (κ3) is 4.05. The number of ether oxygens (including phenoxy) is 1. The SMILES string of the molecule is CCOc1ccc(N2C(=S)N[C@H](c3ccccn3)[C@H]2c2cccn2-c2ccc(C)c(C)c2)cc1. The van der Waals surface area contributed by atoms with E-state index in [0.29, 0.717) is 11.7 Å². The number of nitrogens with one attached hydrogen (secondary N) is 1. The summed E-state index contributed by atoms with van der Waals surface area (Å²) in [6.07, 6.45) is 3.95. The second-order valence-corrected chi connectivity index (χ2v) is 8.88. The van der Waals surface area contributed by atoms with E-state index in [0.717, 1.165) is 28.5 Å². The van der Waals surface area contributed by atoms with Gasteiger partial charge in [-0.25, -0.2) is 0 Å². The number of thiocarbonyl (C=S) groups is 1. The Hall–Kier alpha value is -3.64. The van der Waals surface area contributed by atoms with Gasteiger partial charge in [0.25, 0.3) is 0 Å². The molecule has 1 aliphatic rings. The third-order valence-corrected chi connectivity index (χ3v) is 6.69. The van der Waals surface area contributed by atoms with Crippen molar-refractivity contribution in [1.82, 2.24) is 14.9 Å². The van der Waals surface area contributed by atoms with Crippen LogP contribution in [0.3, 0.4) is 0 Å². The number of nitrogens with zero attached hydrogens (tertiary/aromatic N) is 3. The predicted octanol–water partition coefficient (Wildman–Crippen LogP) is 6.06. The number of benzene rings is 2. The van der Waals surface area contributed by atoms with Crippen LogP contribution in [0.4, 0.5) is 5.69 Å². The Morgan fingerprint density at radius 1 is 0.941 bits per heavy atom. The number of pyridine rings is 1. The van der Waals surface area contributed by atoms with Crippen LogP contribution in [-0.2, 0) is 0 Å². The third-order valence-electron chi connectivity index (χ3n) is 6.38. The molecule has 5 rings (SSSR count). The first-order chi connectivity index (χ1) is 16.6. The van der Waals surface area contributed by atoms with E-state index in [4.69, 9.17) is 17.0 Å². The second-order valence-electron chi connectivity index (χ2n) is 8.50. The molecule has 0 spiro atoms. The molecule has 1 aliphatic heterocycles. The fourth-order valence-electron chi connectivity index (χ4n) is 4.55. The maximum absolute atomic E-state index is 5.88. The molecule has 0 bridgehead atoms. The Kier molecular flexibility index (Phi) is 6.07. The Morgan fingerprint density at radius 2 is 1.74 bits per heavy atom. The molecule has 3 heterocycles. The van der Waals surface area contributed by atoms with Crippen LogP contribution in [0, 0.1) is 13.8 Å². The highest BCUT2D eigenvalue weighted by molar-refractivity contribution is 7.80. The van der Waals surface area contributed by atoms with Crippen molar-refractivity contribution in [2.75, 3.05) is 11.5 Å². The van der Waals surface area contributed by atoms with Crippen molar-refractivity contribution in [3.05, 3.63) is 108 Å². The minimum atomic E-state index is -0.0968. The molecular formula is C28H28N4OS. The first kappa shape index (κ1) is 22.2. The Balaban J connectivity index is 1.63. The van der Waals surface area contributed by atoms with Crippen molar-refractivity contribution >= 4 is 23.0 Å². The monoisotopic (exact) mass is 468 g/mol. The zero-order valence-electron chi connectivity index (χ0n) is 19.6. The fourth-order valence-corrected chi connectivity index (χ4v) is 4.89. The van der Waals surface area contributed by atoms with Gasteiger partial charge in [0.2, 0.25) is 0 Å². The van der Waals surface area contributed by atoms with Gasteiger partial charge >= 0.3 is 0 Å². The number of aromatic nitrogens is 2.